The molecule has 0 unspecified atom stereocenters. The zero-order chi connectivity index (χ0) is 12.8. The van der Waals surface area contributed by atoms with Gasteiger partial charge >= 0.3 is 0 Å². The standard InChI is InChI=1S/C15H11N2O/c16-10-13-7-4-8-14(9-13)15(18)17-11-12-5-2-1-3-6-12/h2-9H,11H2,(H,17,18). The highest BCUT2D eigenvalue weighted by Gasteiger charge is 2.05. The van der Waals surface area contributed by atoms with Crippen LogP contribution >= 0.6 is 0 Å². The van der Waals surface area contributed by atoms with Gasteiger partial charge in [-0.3, -0.25) is 4.79 Å². The lowest BCUT2D eigenvalue weighted by Crippen LogP contribution is -2.22. The summed E-state index contributed by atoms with van der Waals surface area (Å²) in [5.74, 6) is -0.181. The van der Waals surface area contributed by atoms with Gasteiger partial charge in [-0.1, -0.05) is 30.3 Å². The van der Waals surface area contributed by atoms with Gasteiger partial charge in [-0.15, -0.1) is 0 Å². The SMILES string of the molecule is N#Cc1cccc(C(=O)NCc2cc[c]cc2)c1. The van der Waals surface area contributed by atoms with Crippen molar-refractivity contribution in [3.63, 3.8) is 0 Å². The molecule has 3 heteroatoms. The molecule has 0 atom stereocenters. The van der Waals surface area contributed by atoms with Gasteiger partial charge in [0.25, 0.3) is 5.91 Å². The van der Waals surface area contributed by atoms with Crippen molar-refractivity contribution >= 4 is 5.91 Å². The van der Waals surface area contributed by atoms with Gasteiger partial charge in [0.2, 0.25) is 0 Å². The number of hydrogen-bond acceptors (Lipinski definition) is 2. The van der Waals surface area contributed by atoms with Crippen LogP contribution in [0.3, 0.4) is 0 Å². The van der Waals surface area contributed by atoms with E-state index in [0.29, 0.717) is 17.7 Å². The minimum absolute atomic E-state index is 0.181. The smallest absolute Gasteiger partial charge is 0.251 e. The molecular weight excluding hydrogens is 224 g/mol. The van der Waals surface area contributed by atoms with E-state index in [0.717, 1.165) is 5.56 Å². The van der Waals surface area contributed by atoms with Crippen LogP contribution < -0.4 is 5.32 Å². The first-order valence-corrected chi connectivity index (χ1v) is 5.53. The monoisotopic (exact) mass is 235 g/mol. The number of rotatable bonds is 3. The van der Waals surface area contributed by atoms with Gasteiger partial charge in [0.05, 0.1) is 11.6 Å². The molecule has 0 aromatic heterocycles. The number of nitrogens with one attached hydrogen (secondary N) is 1. The maximum atomic E-state index is 11.9. The predicted octanol–water partition coefficient (Wildman–Crippen LogP) is 2.29. The summed E-state index contributed by atoms with van der Waals surface area (Å²) in [6, 6.07) is 19.0. The second-order valence-electron chi connectivity index (χ2n) is 3.78. The largest absolute Gasteiger partial charge is 0.348 e. The Bertz CT molecular complexity index is 585. The highest BCUT2D eigenvalue weighted by molar-refractivity contribution is 5.94. The number of nitrogens with zero attached hydrogens (tertiary/aromatic N) is 1. The number of hydrogen-bond donors (Lipinski definition) is 1. The van der Waals surface area contributed by atoms with Crippen LogP contribution in [0.4, 0.5) is 0 Å². The van der Waals surface area contributed by atoms with Crippen molar-refractivity contribution < 1.29 is 4.79 Å². The number of benzene rings is 2. The average Bonchev–Trinajstić information content (AvgIpc) is 2.46. The van der Waals surface area contributed by atoms with E-state index in [1.54, 1.807) is 36.4 Å². The van der Waals surface area contributed by atoms with E-state index in [1.165, 1.54) is 0 Å². The molecule has 1 N–H and O–H groups in total. The molecule has 1 radical (unpaired) electrons. The number of carbonyl (C=O) groups is 1. The normalized spacial score (nSPS) is 9.50. The topological polar surface area (TPSA) is 52.9 Å². The van der Waals surface area contributed by atoms with E-state index in [4.69, 9.17) is 5.26 Å². The Kier molecular flexibility index (Phi) is 3.72. The summed E-state index contributed by atoms with van der Waals surface area (Å²) in [4.78, 5) is 11.9. The van der Waals surface area contributed by atoms with Crippen molar-refractivity contribution in [1.29, 1.82) is 5.26 Å². The first-order valence-electron chi connectivity index (χ1n) is 5.53. The molecule has 2 rings (SSSR count). The van der Waals surface area contributed by atoms with Gasteiger partial charge in [-0.25, -0.2) is 0 Å². The van der Waals surface area contributed by atoms with Crippen molar-refractivity contribution in [2.24, 2.45) is 0 Å². The Morgan fingerprint density at radius 1 is 1.28 bits per heavy atom. The van der Waals surface area contributed by atoms with Crippen molar-refractivity contribution in [3.8, 4) is 6.07 Å². The van der Waals surface area contributed by atoms with Gasteiger partial charge in [-0.2, -0.15) is 5.26 Å². The third kappa shape index (κ3) is 2.96. The Balaban J connectivity index is 2.02. The third-order valence-corrected chi connectivity index (χ3v) is 2.49. The summed E-state index contributed by atoms with van der Waals surface area (Å²) >= 11 is 0. The highest BCUT2D eigenvalue weighted by atomic mass is 16.1. The Morgan fingerprint density at radius 2 is 2.06 bits per heavy atom. The van der Waals surface area contributed by atoms with Gasteiger partial charge in [0, 0.05) is 12.1 Å². The summed E-state index contributed by atoms with van der Waals surface area (Å²) in [5, 5.41) is 11.6. The number of amides is 1. The average molecular weight is 235 g/mol. The molecule has 0 saturated carbocycles. The summed E-state index contributed by atoms with van der Waals surface area (Å²) < 4.78 is 0. The number of carbonyl (C=O) groups excluding carboxylic acids is 1. The first kappa shape index (κ1) is 11.9. The van der Waals surface area contributed by atoms with Crippen molar-refractivity contribution in [3.05, 3.63) is 71.3 Å². The minimum atomic E-state index is -0.181. The fourth-order valence-electron chi connectivity index (χ4n) is 1.55. The molecule has 0 aliphatic heterocycles. The van der Waals surface area contributed by atoms with E-state index >= 15 is 0 Å². The van der Waals surface area contributed by atoms with Gasteiger partial charge in [0.15, 0.2) is 0 Å². The second kappa shape index (κ2) is 5.65. The van der Waals surface area contributed by atoms with Crippen molar-refractivity contribution in [2.45, 2.75) is 6.54 Å². The molecule has 0 heterocycles. The fraction of sp³-hybridized carbons (Fsp3) is 0.0667. The summed E-state index contributed by atoms with van der Waals surface area (Å²) in [6.45, 7) is 0.463. The van der Waals surface area contributed by atoms with Crippen LogP contribution in [0.2, 0.25) is 0 Å². The molecule has 18 heavy (non-hydrogen) atoms. The fourth-order valence-corrected chi connectivity index (χ4v) is 1.55. The minimum Gasteiger partial charge on any atom is -0.348 e. The molecule has 0 bridgehead atoms. The molecule has 2 aromatic rings. The molecule has 0 aliphatic rings. The van der Waals surface area contributed by atoms with E-state index in [1.807, 2.05) is 18.2 Å². The van der Waals surface area contributed by atoms with E-state index in [9.17, 15) is 4.79 Å². The van der Waals surface area contributed by atoms with E-state index < -0.39 is 0 Å². The zero-order valence-corrected chi connectivity index (χ0v) is 9.68. The number of nitriles is 1. The molecule has 0 spiro atoms. The summed E-state index contributed by atoms with van der Waals surface area (Å²) in [6.07, 6.45) is 0. The lowest BCUT2D eigenvalue weighted by atomic mass is 10.1. The molecule has 87 valence electrons. The maximum Gasteiger partial charge on any atom is 0.251 e. The van der Waals surface area contributed by atoms with Gasteiger partial charge < -0.3 is 5.32 Å². The molecule has 0 fully saturated rings. The molecule has 2 aromatic carbocycles. The van der Waals surface area contributed by atoms with Crippen molar-refractivity contribution in [1.82, 2.24) is 5.32 Å². The van der Waals surface area contributed by atoms with E-state index in [2.05, 4.69) is 11.4 Å². The predicted molar refractivity (Wildman–Crippen MR) is 67.6 cm³/mol. The second-order valence-corrected chi connectivity index (χ2v) is 3.78. The third-order valence-electron chi connectivity index (χ3n) is 2.49. The zero-order valence-electron chi connectivity index (χ0n) is 9.68. The lowest BCUT2D eigenvalue weighted by Gasteiger charge is -2.05. The molecule has 3 nitrogen and oxygen atoms in total. The lowest BCUT2D eigenvalue weighted by molar-refractivity contribution is 0.0951. The van der Waals surface area contributed by atoms with Crippen LogP contribution in [0.25, 0.3) is 0 Å². The van der Waals surface area contributed by atoms with Crippen LogP contribution in [-0.2, 0) is 6.54 Å². The Labute approximate surface area is 106 Å². The van der Waals surface area contributed by atoms with E-state index in [-0.39, 0.29) is 5.91 Å². The Morgan fingerprint density at radius 3 is 2.78 bits per heavy atom. The molecule has 0 saturated heterocycles. The molecular formula is C15H11N2O. The van der Waals surface area contributed by atoms with Gasteiger partial charge in [-0.05, 0) is 29.8 Å². The highest BCUT2D eigenvalue weighted by Crippen LogP contribution is 2.05. The molecule has 0 aliphatic carbocycles. The molecule has 1 amide bonds. The van der Waals surface area contributed by atoms with Crippen LogP contribution in [0, 0.1) is 17.4 Å². The summed E-state index contributed by atoms with van der Waals surface area (Å²) in [5.41, 5.74) is 1.99. The van der Waals surface area contributed by atoms with Gasteiger partial charge in [0.1, 0.15) is 0 Å². The van der Waals surface area contributed by atoms with Crippen LogP contribution in [-0.4, -0.2) is 5.91 Å². The first-order chi connectivity index (χ1) is 8.79. The quantitative estimate of drug-likeness (QED) is 0.887. The van der Waals surface area contributed by atoms with Crippen LogP contribution in [0.15, 0.2) is 48.5 Å². The van der Waals surface area contributed by atoms with Crippen molar-refractivity contribution in [2.75, 3.05) is 0 Å². The van der Waals surface area contributed by atoms with Crippen LogP contribution in [0.5, 0.6) is 0 Å². The Hall–Kier alpha value is -2.60. The van der Waals surface area contributed by atoms with Crippen LogP contribution in [0.1, 0.15) is 21.5 Å². The maximum absolute atomic E-state index is 11.9. The summed E-state index contributed by atoms with van der Waals surface area (Å²) in [7, 11) is 0.